The Morgan fingerprint density at radius 2 is 1.72 bits per heavy atom. The van der Waals surface area contributed by atoms with E-state index in [4.69, 9.17) is 11.2 Å². The van der Waals surface area contributed by atoms with Crippen molar-refractivity contribution < 1.29 is 38.3 Å². The van der Waals surface area contributed by atoms with Crippen molar-refractivity contribution in [2.45, 2.75) is 110 Å². The van der Waals surface area contributed by atoms with Crippen LogP contribution in [0.5, 0.6) is 0 Å². The summed E-state index contributed by atoms with van der Waals surface area (Å²) in [6, 6.07) is 2.61. The lowest BCUT2D eigenvalue weighted by molar-refractivity contribution is -0.143. The van der Waals surface area contributed by atoms with Crippen molar-refractivity contribution in [2.75, 3.05) is 19.6 Å². The lowest BCUT2D eigenvalue weighted by Gasteiger charge is -2.36. The number of ketones is 2. The molecule has 4 N–H and O–H groups in total. The number of hydrogen-bond donors (Lipinski definition) is 4. The van der Waals surface area contributed by atoms with E-state index in [1.54, 1.807) is 25.7 Å². The number of terminal acetylenes is 1. The molecule has 5 atom stereocenters. The molecule has 1 aromatic carbocycles. The number of fused-ring (bicyclic) bond motifs is 1. The van der Waals surface area contributed by atoms with Crippen molar-refractivity contribution in [3.63, 3.8) is 0 Å². The third kappa shape index (κ3) is 10.7. The van der Waals surface area contributed by atoms with Gasteiger partial charge in [-0.3, -0.25) is 24.0 Å². The van der Waals surface area contributed by atoms with Gasteiger partial charge >= 0.3 is 12.1 Å². The van der Waals surface area contributed by atoms with E-state index in [9.17, 15) is 33.6 Å². The number of carbonyl (C=O) groups excluding carboxylic acids is 7. The predicted octanol–water partition coefficient (Wildman–Crippen LogP) is 2.64. The second-order valence-corrected chi connectivity index (χ2v) is 15.7. The molecule has 14 nitrogen and oxygen atoms in total. The van der Waals surface area contributed by atoms with Crippen molar-refractivity contribution in [2.24, 2.45) is 17.3 Å². The minimum Gasteiger partial charge on any atom is -0.444 e. The molecule has 2 fully saturated rings. The number of hydrogen-bond acceptors (Lipinski definition) is 8. The summed E-state index contributed by atoms with van der Waals surface area (Å²) < 4.78 is 5.92. The first-order chi connectivity index (χ1) is 25.5. The molecule has 1 aliphatic carbocycles. The molecular weight excluding hydrogens is 692 g/mol. The van der Waals surface area contributed by atoms with Gasteiger partial charge in [-0.2, -0.15) is 0 Å². The first-order valence-electron chi connectivity index (χ1n) is 18.7. The van der Waals surface area contributed by atoms with E-state index in [-0.39, 0.29) is 50.0 Å². The summed E-state index contributed by atoms with van der Waals surface area (Å²) >= 11 is 0. The zero-order valence-electron chi connectivity index (χ0n) is 31.9. The molecule has 6 amide bonds. The molecule has 2 unspecified atom stereocenters. The zero-order valence-corrected chi connectivity index (χ0v) is 31.9. The monoisotopic (exact) mass is 746 g/mol. The van der Waals surface area contributed by atoms with Gasteiger partial charge in [-0.15, -0.1) is 18.9 Å². The summed E-state index contributed by atoms with van der Waals surface area (Å²) in [4.78, 5) is 96.9. The largest absolute Gasteiger partial charge is 0.444 e. The highest BCUT2D eigenvalue weighted by Crippen LogP contribution is 2.32. The van der Waals surface area contributed by atoms with Gasteiger partial charge in [0.15, 0.2) is 5.78 Å². The van der Waals surface area contributed by atoms with Crippen LogP contribution in [0.15, 0.2) is 36.9 Å². The Hall–Kier alpha value is -5.19. The van der Waals surface area contributed by atoms with Gasteiger partial charge in [-0.1, -0.05) is 65.0 Å². The Morgan fingerprint density at radius 1 is 1.04 bits per heavy atom. The number of ether oxygens (including phenoxy) is 1. The molecule has 292 valence electrons. The van der Waals surface area contributed by atoms with E-state index in [2.05, 4.69) is 33.8 Å². The van der Waals surface area contributed by atoms with Crippen LogP contribution in [0, 0.1) is 29.6 Å². The highest BCUT2D eigenvalue weighted by Gasteiger charge is 2.47. The molecule has 0 bridgehead atoms. The summed E-state index contributed by atoms with van der Waals surface area (Å²) in [5, 5.41) is 10.5. The van der Waals surface area contributed by atoms with Crippen molar-refractivity contribution in [1.82, 2.24) is 31.1 Å². The fourth-order valence-corrected chi connectivity index (χ4v) is 6.73. The molecule has 0 aromatic heterocycles. The fourth-order valence-electron chi connectivity index (χ4n) is 6.73. The SMILES string of the molecule is C#CCCC(NC(=O)[C@@H]1CC(OC(=O)N2CCc3ccccc3C2)CN1C(=O)[C@@H](NC(=O)N[C@H](C(=O)C1CC1)C(C)C)C(C)(C)C)C(=O)C(=O)NCC=C. The standard InChI is InChI=1S/C40H54N6O8/c1-8-10-15-29(33(48)36(50)41-19-9-2)42-35(49)30-21-28(54-39(53)45-20-18-25-13-11-12-14-27(25)22-45)23-46(30)37(51)34(40(5,6)7)44-38(52)43-31(24(3)4)32(47)26-16-17-26/h1,9,11-14,24,26,28-31,34H,2,10,15-23H2,3-7H3,(H,41,50)(H,42,49)(H2,43,44,52)/t28?,29?,30-,31-,34+/m0/s1. The maximum Gasteiger partial charge on any atom is 0.410 e. The van der Waals surface area contributed by atoms with Gasteiger partial charge in [0.1, 0.15) is 18.2 Å². The van der Waals surface area contributed by atoms with E-state index < -0.39 is 71.3 Å². The average Bonchev–Trinajstić information content (AvgIpc) is 3.91. The Labute approximate surface area is 317 Å². The van der Waals surface area contributed by atoms with E-state index in [1.165, 1.54) is 11.0 Å². The lowest BCUT2D eigenvalue weighted by Crippen LogP contribution is -2.61. The molecule has 14 heteroatoms. The third-order valence-corrected chi connectivity index (χ3v) is 9.97. The van der Waals surface area contributed by atoms with Crippen LogP contribution >= 0.6 is 0 Å². The number of Topliss-reactive ketones (excluding diaryl/α,β-unsaturated/α-hetero) is 2. The van der Waals surface area contributed by atoms with Gasteiger partial charge < -0.3 is 35.8 Å². The maximum absolute atomic E-state index is 14.5. The molecular formula is C40H54N6O8. The van der Waals surface area contributed by atoms with E-state index in [0.717, 1.165) is 24.0 Å². The van der Waals surface area contributed by atoms with Crippen LogP contribution in [0.3, 0.4) is 0 Å². The molecule has 2 aliphatic heterocycles. The molecule has 2 heterocycles. The number of benzene rings is 1. The Morgan fingerprint density at radius 3 is 2.33 bits per heavy atom. The van der Waals surface area contributed by atoms with Crippen LogP contribution in [0.4, 0.5) is 9.59 Å². The number of nitrogens with zero attached hydrogens (tertiary/aromatic N) is 2. The third-order valence-electron chi connectivity index (χ3n) is 9.97. The molecule has 1 aromatic rings. The molecule has 54 heavy (non-hydrogen) atoms. The Balaban J connectivity index is 1.57. The van der Waals surface area contributed by atoms with Gasteiger partial charge in [-0.25, -0.2) is 9.59 Å². The van der Waals surface area contributed by atoms with Gasteiger partial charge in [0, 0.05) is 38.4 Å². The van der Waals surface area contributed by atoms with E-state index >= 15 is 0 Å². The lowest BCUT2D eigenvalue weighted by atomic mass is 9.85. The molecule has 4 rings (SSSR count). The average molecular weight is 747 g/mol. The summed E-state index contributed by atoms with van der Waals surface area (Å²) in [5.41, 5.74) is 1.26. The fraction of sp³-hybridized carbons (Fsp3) is 0.575. The zero-order chi connectivity index (χ0) is 39.7. The highest BCUT2D eigenvalue weighted by molar-refractivity contribution is 6.38. The highest BCUT2D eigenvalue weighted by atomic mass is 16.6. The van der Waals surface area contributed by atoms with Crippen molar-refractivity contribution in [3.8, 4) is 12.3 Å². The predicted molar refractivity (Wildman–Crippen MR) is 200 cm³/mol. The van der Waals surface area contributed by atoms with Crippen LogP contribution in [-0.4, -0.2) is 101 Å². The van der Waals surface area contributed by atoms with Crippen LogP contribution in [-0.2, 0) is 41.7 Å². The van der Waals surface area contributed by atoms with Gasteiger partial charge in [0.05, 0.1) is 18.6 Å². The quantitative estimate of drug-likeness (QED) is 0.120. The second kappa shape index (κ2) is 18.2. The van der Waals surface area contributed by atoms with E-state index in [1.807, 2.05) is 38.1 Å². The normalized spacial score (nSPS) is 19.6. The summed E-state index contributed by atoms with van der Waals surface area (Å²) in [7, 11) is 0. The molecule has 3 aliphatic rings. The van der Waals surface area contributed by atoms with Gasteiger partial charge in [0.2, 0.25) is 17.6 Å². The second-order valence-electron chi connectivity index (χ2n) is 15.7. The minimum atomic E-state index is -1.30. The van der Waals surface area contributed by atoms with Crippen molar-refractivity contribution in [1.29, 1.82) is 0 Å². The number of urea groups is 1. The summed E-state index contributed by atoms with van der Waals surface area (Å²) in [5.74, 6) is -1.16. The maximum atomic E-state index is 14.5. The molecule has 0 spiro atoms. The van der Waals surface area contributed by atoms with Crippen LogP contribution in [0.1, 0.15) is 77.8 Å². The van der Waals surface area contributed by atoms with Crippen molar-refractivity contribution >= 4 is 41.4 Å². The van der Waals surface area contributed by atoms with Gasteiger partial charge in [0.25, 0.3) is 5.91 Å². The van der Waals surface area contributed by atoms with Gasteiger partial charge in [-0.05, 0) is 48.1 Å². The minimum absolute atomic E-state index is 0.0301. The smallest absolute Gasteiger partial charge is 0.410 e. The topological polar surface area (TPSA) is 183 Å². The van der Waals surface area contributed by atoms with Crippen LogP contribution in [0.2, 0.25) is 0 Å². The Bertz CT molecular complexity index is 1660. The van der Waals surface area contributed by atoms with E-state index in [0.29, 0.717) is 19.5 Å². The Kier molecular flexibility index (Phi) is 14.0. The molecule has 1 saturated carbocycles. The summed E-state index contributed by atoms with van der Waals surface area (Å²) in [6.07, 6.45) is 7.45. The van der Waals surface area contributed by atoms with Crippen LogP contribution < -0.4 is 21.3 Å². The van der Waals surface area contributed by atoms with Crippen LogP contribution in [0.25, 0.3) is 0 Å². The molecule has 1 saturated heterocycles. The number of carbonyl (C=O) groups is 7. The first kappa shape index (κ1) is 41.6. The number of likely N-dealkylation sites (tertiary alicyclic amines) is 1. The molecule has 0 radical (unpaired) electrons. The first-order valence-corrected chi connectivity index (χ1v) is 18.7. The summed E-state index contributed by atoms with van der Waals surface area (Å²) in [6.45, 7) is 13.0. The number of nitrogens with one attached hydrogen (secondary N) is 4. The van der Waals surface area contributed by atoms with Crippen molar-refractivity contribution in [3.05, 3.63) is 48.0 Å². The number of rotatable bonds is 15. The number of amides is 6.